The summed E-state index contributed by atoms with van der Waals surface area (Å²) in [5, 5.41) is 6.94. The molecular weight excluding hydrogens is 384 g/mol. The summed E-state index contributed by atoms with van der Waals surface area (Å²) in [6, 6.07) is 1.57. The van der Waals surface area contributed by atoms with Crippen molar-refractivity contribution in [2.75, 3.05) is 32.7 Å². The van der Waals surface area contributed by atoms with Gasteiger partial charge in [0.2, 0.25) is 15.9 Å². The first kappa shape index (κ1) is 20.3. The Labute approximate surface area is 164 Å². The minimum absolute atomic E-state index is 0.152. The van der Waals surface area contributed by atoms with E-state index in [1.54, 1.807) is 6.07 Å². The van der Waals surface area contributed by atoms with Crippen LogP contribution in [0.5, 0.6) is 0 Å². The number of nitrogens with one attached hydrogen (secondary N) is 1. The smallest absolute Gasteiger partial charge is 0.220 e. The summed E-state index contributed by atoms with van der Waals surface area (Å²) in [5.41, 5.74) is 1.27. The summed E-state index contributed by atoms with van der Waals surface area (Å²) in [6.45, 7) is 8.70. The Morgan fingerprint density at radius 2 is 2.04 bits per heavy atom. The fourth-order valence-corrected chi connectivity index (χ4v) is 4.37. The molecule has 0 saturated carbocycles. The molecule has 0 amide bonds. The third kappa shape index (κ3) is 4.90. The number of hydrogen-bond donors (Lipinski definition) is 1. The summed E-state index contributed by atoms with van der Waals surface area (Å²) in [4.78, 5) is 11.0. The van der Waals surface area contributed by atoms with Crippen molar-refractivity contribution in [1.29, 1.82) is 0 Å². The molecule has 1 saturated heterocycles. The highest BCUT2D eigenvalue weighted by Crippen LogP contribution is 2.14. The SMILES string of the molecule is CCNC(=NCc1nc(C)c(C)o1)N1CCN(S(=O)(=O)Cc2ccon2)CC1. The van der Waals surface area contributed by atoms with E-state index in [-0.39, 0.29) is 5.75 Å². The van der Waals surface area contributed by atoms with Gasteiger partial charge in [0.05, 0.1) is 11.4 Å². The molecule has 0 aromatic carbocycles. The molecular formula is C17H26N6O4S. The zero-order chi connectivity index (χ0) is 20.1. The van der Waals surface area contributed by atoms with Crippen LogP contribution in [0.2, 0.25) is 0 Å². The molecule has 0 radical (unpaired) electrons. The third-order valence-electron chi connectivity index (χ3n) is 4.52. The van der Waals surface area contributed by atoms with E-state index >= 15 is 0 Å². The fraction of sp³-hybridized carbons (Fsp3) is 0.588. The molecule has 0 spiro atoms. The number of sulfonamides is 1. The number of hydrogen-bond acceptors (Lipinski definition) is 7. The number of aryl methyl sites for hydroxylation is 2. The molecule has 1 fully saturated rings. The van der Waals surface area contributed by atoms with Crippen LogP contribution in [0.4, 0.5) is 0 Å². The number of oxazole rings is 1. The first-order chi connectivity index (χ1) is 13.4. The van der Waals surface area contributed by atoms with Gasteiger partial charge in [0.25, 0.3) is 0 Å². The normalized spacial score (nSPS) is 16.5. The van der Waals surface area contributed by atoms with Crippen LogP contribution in [0.3, 0.4) is 0 Å². The summed E-state index contributed by atoms with van der Waals surface area (Å²) in [7, 11) is -3.43. The van der Waals surface area contributed by atoms with Gasteiger partial charge in [-0.2, -0.15) is 4.31 Å². The van der Waals surface area contributed by atoms with Crippen LogP contribution in [0.1, 0.15) is 30.0 Å². The van der Waals surface area contributed by atoms with Gasteiger partial charge < -0.3 is 19.2 Å². The lowest BCUT2D eigenvalue weighted by molar-refractivity contribution is 0.259. The van der Waals surface area contributed by atoms with Crippen LogP contribution >= 0.6 is 0 Å². The van der Waals surface area contributed by atoms with Gasteiger partial charge in [-0.3, -0.25) is 0 Å². The van der Waals surface area contributed by atoms with Crippen LogP contribution in [-0.4, -0.2) is 66.4 Å². The van der Waals surface area contributed by atoms with Gasteiger partial charge in [0, 0.05) is 38.8 Å². The van der Waals surface area contributed by atoms with E-state index in [1.807, 2.05) is 25.7 Å². The van der Waals surface area contributed by atoms with E-state index in [9.17, 15) is 8.42 Å². The molecule has 0 unspecified atom stereocenters. The number of guanidine groups is 1. The van der Waals surface area contributed by atoms with Crippen molar-refractivity contribution >= 4 is 16.0 Å². The van der Waals surface area contributed by atoms with Crippen LogP contribution in [0, 0.1) is 13.8 Å². The molecule has 10 nitrogen and oxygen atoms in total. The van der Waals surface area contributed by atoms with Crippen molar-refractivity contribution in [3.8, 4) is 0 Å². The van der Waals surface area contributed by atoms with Crippen molar-refractivity contribution in [3.63, 3.8) is 0 Å². The van der Waals surface area contributed by atoms with Gasteiger partial charge in [-0.15, -0.1) is 0 Å². The largest absolute Gasteiger partial charge is 0.444 e. The highest BCUT2D eigenvalue weighted by atomic mass is 32.2. The van der Waals surface area contributed by atoms with Crippen LogP contribution in [0.25, 0.3) is 0 Å². The zero-order valence-electron chi connectivity index (χ0n) is 16.4. The van der Waals surface area contributed by atoms with Crippen molar-refractivity contribution in [3.05, 3.63) is 35.4 Å². The predicted octanol–water partition coefficient (Wildman–Crippen LogP) is 0.893. The van der Waals surface area contributed by atoms with E-state index in [1.165, 1.54) is 10.6 Å². The molecule has 2 aromatic rings. The maximum Gasteiger partial charge on any atom is 0.220 e. The second-order valence-electron chi connectivity index (χ2n) is 6.55. The number of piperazine rings is 1. The second-order valence-corrected chi connectivity index (χ2v) is 8.52. The van der Waals surface area contributed by atoms with Gasteiger partial charge in [0.1, 0.15) is 24.3 Å². The minimum atomic E-state index is -3.43. The van der Waals surface area contributed by atoms with Gasteiger partial charge in [0.15, 0.2) is 5.96 Å². The van der Waals surface area contributed by atoms with Crippen molar-refractivity contribution in [2.45, 2.75) is 33.1 Å². The number of nitrogens with zero attached hydrogens (tertiary/aromatic N) is 5. The highest BCUT2D eigenvalue weighted by Gasteiger charge is 2.29. The fourth-order valence-electron chi connectivity index (χ4n) is 2.94. The lowest BCUT2D eigenvalue weighted by atomic mass is 10.4. The first-order valence-electron chi connectivity index (χ1n) is 9.22. The maximum atomic E-state index is 12.6. The molecule has 2 aromatic heterocycles. The average molecular weight is 411 g/mol. The monoisotopic (exact) mass is 410 g/mol. The highest BCUT2D eigenvalue weighted by molar-refractivity contribution is 7.88. The van der Waals surface area contributed by atoms with Crippen LogP contribution in [0.15, 0.2) is 26.3 Å². The van der Waals surface area contributed by atoms with Gasteiger partial charge >= 0.3 is 0 Å². The summed E-state index contributed by atoms with van der Waals surface area (Å²) >= 11 is 0. The van der Waals surface area contributed by atoms with Crippen molar-refractivity contribution in [1.82, 2.24) is 24.7 Å². The predicted molar refractivity (Wildman–Crippen MR) is 103 cm³/mol. The molecule has 154 valence electrons. The standard InChI is InChI=1S/C17H26N6O4S/c1-4-18-17(19-11-16-20-13(2)14(3)27-16)22-6-8-23(9-7-22)28(24,25)12-15-5-10-26-21-15/h5,10H,4,6-9,11-12H2,1-3H3,(H,18,19). The van der Waals surface area contributed by atoms with E-state index in [0.29, 0.717) is 50.9 Å². The Balaban J connectivity index is 1.61. The molecule has 0 atom stereocenters. The summed E-state index contributed by atoms with van der Waals surface area (Å²) in [5.74, 6) is 1.94. The van der Waals surface area contributed by atoms with Gasteiger partial charge in [-0.25, -0.2) is 18.4 Å². The number of aromatic nitrogens is 2. The molecule has 11 heteroatoms. The second kappa shape index (κ2) is 8.74. The van der Waals surface area contributed by atoms with E-state index in [0.717, 1.165) is 17.4 Å². The quantitative estimate of drug-likeness (QED) is 0.551. The van der Waals surface area contributed by atoms with Crippen LogP contribution in [-0.2, 0) is 22.3 Å². The molecule has 1 aliphatic rings. The number of rotatable bonds is 6. The van der Waals surface area contributed by atoms with Crippen molar-refractivity contribution < 1.29 is 17.4 Å². The Morgan fingerprint density at radius 3 is 2.61 bits per heavy atom. The molecule has 28 heavy (non-hydrogen) atoms. The Morgan fingerprint density at radius 1 is 1.29 bits per heavy atom. The Bertz CT molecular complexity index is 879. The average Bonchev–Trinajstić information content (AvgIpc) is 3.28. The Kier molecular flexibility index (Phi) is 6.35. The zero-order valence-corrected chi connectivity index (χ0v) is 17.2. The molecule has 3 rings (SSSR count). The summed E-state index contributed by atoms with van der Waals surface area (Å²) < 4.78 is 36.9. The van der Waals surface area contributed by atoms with E-state index in [2.05, 4.69) is 20.4 Å². The van der Waals surface area contributed by atoms with E-state index in [4.69, 9.17) is 8.94 Å². The lowest BCUT2D eigenvalue weighted by Gasteiger charge is -2.35. The third-order valence-corrected chi connectivity index (χ3v) is 6.34. The lowest BCUT2D eigenvalue weighted by Crippen LogP contribution is -2.53. The molecule has 0 bridgehead atoms. The molecule has 1 N–H and O–H groups in total. The molecule has 0 aliphatic carbocycles. The van der Waals surface area contributed by atoms with E-state index < -0.39 is 10.0 Å². The first-order valence-corrected chi connectivity index (χ1v) is 10.8. The molecule has 1 aliphatic heterocycles. The maximum absolute atomic E-state index is 12.6. The van der Waals surface area contributed by atoms with Gasteiger partial charge in [-0.1, -0.05) is 5.16 Å². The van der Waals surface area contributed by atoms with Gasteiger partial charge in [-0.05, 0) is 20.8 Å². The topological polar surface area (TPSA) is 117 Å². The number of aliphatic imine (C=N–C) groups is 1. The van der Waals surface area contributed by atoms with Crippen LogP contribution < -0.4 is 5.32 Å². The summed E-state index contributed by atoms with van der Waals surface area (Å²) in [6.07, 6.45) is 1.37. The minimum Gasteiger partial charge on any atom is -0.444 e. The Hall–Kier alpha value is -2.40. The van der Waals surface area contributed by atoms with Crippen molar-refractivity contribution in [2.24, 2.45) is 4.99 Å². The molecule has 3 heterocycles.